The molecule has 0 aliphatic rings. The first-order valence-electron chi connectivity index (χ1n) is 7.95. The molecule has 0 saturated carbocycles. The minimum Gasteiger partial charge on any atom is -0.392 e. The molecular formula is C19H25NO2S. The number of hydrogen-bond donors (Lipinski definition) is 1. The summed E-state index contributed by atoms with van der Waals surface area (Å²) < 4.78 is 11.5. The molecule has 0 amide bonds. The Kier molecular flexibility index (Phi) is 6.96. The van der Waals surface area contributed by atoms with Crippen molar-refractivity contribution in [1.82, 2.24) is 4.90 Å². The largest absolute Gasteiger partial charge is 0.392 e. The quantitative estimate of drug-likeness (QED) is 0.807. The van der Waals surface area contributed by atoms with E-state index >= 15 is 0 Å². The summed E-state index contributed by atoms with van der Waals surface area (Å²) in [5.41, 5.74) is 2.40. The van der Waals surface area contributed by atoms with Gasteiger partial charge in [0.2, 0.25) is 0 Å². The lowest BCUT2D eigenvalue weighted by Crippen LogP contribution is -2.31. The van der Waals surface area contributed by atoms with Gasteiger partial charge in [0.15, 0.2) is 0 Å². The average Bonchev–Trinajstić information content (AvgIpc) is 2.56. The number of aliphatic hydroxyl groups excluding tert-OH is 1. The van der Waals surface area contributed by atoms with Crippen molar-refractivity contribution in [3.05, 3.63) is 65.7 Å². The zero-order valence-corrected chi connectivity index (χ0v) is 14.6. The third-order valence-electron chi connectivity index (χ3n) is 3.85. The summed E-state index contributed by atoms with van der Waals surface area (Å²) in [6.45, 7) is 4.21. The van der Waals surface area contributed by atoms with Gasteiger partial charge in [-0.3, -0.25) is 9.11 Å². The molecular weight excluding hydrogens is 306 g/mol. The first kappa shape index (κ1) is 17.9. The maximum absolute atomic E-state index is 11.5. The molecule has 3 nitrogen and oxygen atoms in total. The normalized spacial score (nSPS) is 13.9. The second-order valence-corrected chi connectivity index (χ2v) is 7.20. The minimum absolute atomic E-state index is 0.318. The summed E-state index contributed by atoms with van der Waals surface area (Å²) in [7, 11) is -0.946. The smallest absolute Gasteiger partial charge is 0.0664 e. The third kappa shape index (κ3) is 5.90. The Hall–Kier alpha value is -1.49. The Morgan fingerprint density at radius 3 is 2.09 bits per heavy atom. The molecule has 4 heteroatoms. The van der Waals surface area contributed by atoms with Crippen molar-refractivity contribution in [1.29, 1.82) is 0 Å². The predicted molar refractivity (Wildman–Crippen MR) is 95.6 cm³/mol. The van der Waals surface area contributed by atoms with Gasteiger partial charge >= 0.3 is 0 Å². The van der Waals surface area contributed by atoms with Gasteiger partial charge in [0.05, 0.1) is 6.10 Å². The van der Waals surface area contributed by atoms with Crippen LogP contribution in [0.3, 0.4) is 0 Å². The van der Waals surface area contributed by atoms with Crippen LogP contribution in [-0.4, -0.2) is 33.1 Å². The lowest BCUT2D eigenvalue weighted by atomic mass is 10.1. The lowest BCUT2D eigenvalue weighted by Gasteiger charge is -2.25. The maximum atomic E-state index is 11.5. The summed E-state index contributed by atoms with van der Waals surface area (Å²) in [5.74, 6) is 0. The van der Waals surface area contributed by atoms with Crippen LogP contribution in [0.4, 0.5) is 0 Å². The first-order valence-corrected chi connectivity index (χ1v) is 9.51. The standard InChI is InChI=1S/C19H25NO2S/c1-3-18(21)15-20(13-16-7-5-4-6-8-16)14-17-9-11-19(12-10-17)23(2)22/h4-12,18,21H,3,13-15H2,1-2H3. The molecule has 2 atom stereocenters. The van der Waals surface area contributed by atoms with E-state index in [0.29, 0.717) is 6.54 Å². The molecule has 2 unspecified atom stereocenters. The van der Waals surface area contributed by atoms with Gasteiger partial charge in [-0.25, -0.2) is 0 Å². The van der Waals surface area contributed by atoms with Crippen molar-refractivity contribution in [2.24, 2.45) is 0 Å². The van der Waals surface area contributed by atoms with Crippen LogP contribution >= 0.6 is 0 Å². The zero-order chi connectivity index (χ0) is 16.7. The van der Waals surface area contributed by atoms with Crippen molar-refractivity contribution in [3.8, 4) is 0 Å². The van der Waals surface area contributed by atoms with Crippen molar-refractivity contribution in [2.75, 3.05) is 12.8 Å². The number of aliphatic hydroxyl groups is 1. The highest BCUT2D eigenvalue weighted by atomic mass is 32.2. The topological polar surface area (TPSA) is 40.5 Å². The second-order valence-electron chi connectivity index (χ2n) is 5.82. The molecule has 2 aromatic rings. The zero-order valence-electron chi connectivity index (χ0n) is 13.8. The van der Waals surface area contributed by atoms with Crippen molar-refractivity contribution < 1.29 is 9.32 Å². The van der Waals surface area contributed by atoms with Gasteiger partial charge in [0.25, 0.3) is 0 Å². The summed E-state index contributed by atoms with van der Waals surface area (Å²) in [5, 5.41) is 10.0. The fourth-order valence-electron chi connectivity index (χ4n) is 2.50. The summed E-state index contributed by atoms with van der Waals surface area (Å²) >= 11 is 0. The molecule has 0 radical (unpaired) electrons. The van der Waals surface area contributed by atoms with E-state index in [0.717, 1.165) is 24.4 Å². The monoisotopic (exact) mass is 331 g/mol. The number of nitrogens with zero attached hydrogens (tertiary/aromatic N) is 1. The van der Waals surface area contributed by atoms with Crippen LogP contribution in [0.1, 0.15) is 24.5 Å². The van der Waals surface area contributed by atoms with Gasteiger partial charge in [0.1, 0.15) is 0 Å². The highest BCUT2D eigenvalue weighted by Crippen LogP contribution is 2.13. The van der Waals surface area contributed by atoms with Gasteiger partial charge in [-0.1, -0.05) is 49.4 Å². The Bertz CT molecular complexity index is 613. The molecule has 2 rings (SSSR count). The molecule has 0 aliphatic carbocycles. The Morgan fingerprint density at radius 2 is 1.57 bits per heavy atom. The molecule has 0 spiro atoms. The van der Waals surface area contributed by atoms with Crippen molar-refractivity contribution >= 4 is 10.8 Å². The van der Waals surface area contributed by atoms with E-state index in [9.17, 15) is 9.32 Å². The molecule has 23 heavy (non-hydrogen) atoms. The van der Waals surface area contributed by atoms with E-state index in [2.05, 4.69) is 17.0 Å². The average molecular weight is 331 g/mol. The molecule has 0 bridgehead atoms. The van der Waals surface area contributed by atoms with Gasteiger partial charge in [-0.15, -0.1) is 0 Å². The molecule has 0 heterocycles. The fraction of sp³-hybridized carbons (Fsp3) is 0.368. The van der Waals surface area contributed by atoms with Crippen LogP contribution in [0.15, 0.2) is 59.5 Å². The van der Waals surface area contributed by atoms with Crippen molar-refractivity contribution in [3.63, 3.8) is 0 Å². The predicted octanol–water partition coefficient (Wildman–Crippen LogP) is 3.20. The van der Waals surface area contributed by atoms with Crippen molar-refractivity contribution in [2.45, 2.75) is 37.4 Å². The van der Waals surface area contributed by atoms with E-state index in [-0.39, 0.29) is 6.10 Å². The SMILES string of the molecule is CCC(O)CN(Cc1ccccc1)Cc1ccc(S(C)=O)cc1. The molecule has 124 valence electrons. The number of benzene rings is 2. The summed E-state index contributed by atoms with van der Waals surface area (Å²) in [6.07, 6.45) is 2.12. The molecule has 1 N–H and O–H groups in total. The van der Waals surface area contributed by atoms with Gasteiger partial charge < -0.3 is 5.11 Å². The van der Waals surface area contributed by atoms with E-state index in [1.807, 2.05) is 49.4 Å². The lowest BCUT2D eigenvalue weighted by molar-refractivity contribution is 0.101. The van der Waals surface area contributed by atoms with Crippen LogP contribution in [0.5, 0.6) is 0 Å². The molecule has 0 saturated heterocycles. The second kappa shape index (κ2) is 8.96. The van der Waals surface area contributed by atoms with Gasteiger partial charge in [0, 0.05) is 41.6 Å². The Labute approximate surface area is 141 Å². The minimum atomic E-state index is -0.946. The number of rotatable bonds is 8. The van der Waals surface area contributed by atoms with Gasteiger partial charge in [-0.2, -0.15) is 0 Å². The summed E-state index contributed by atoms with van der Waals surface area (Å²) in [4.78, 5) is 3.10. The van der Waals surface area contributed by atoms with E-state index in [1.54, 1.807) is 6.26 Å². The molecule has 2 aromatic carbocycles. The van der Waals surface area contributed by atoms with Crippen LogP contribution in [0, 0.1) is 0 Å². The highest BCUT2D eigenvalue weighted by molar-refractivity contribution is 7.84. The molecule has 0 fully saturated rings. The highest BCUT2D eigenvalue weighted by Gasteiger charge is 2.12. The summed E-state index contributed by atoms with van der Waals surface area (Å²) in [6, 6.07) is 18.2. The Morgan fingerprint density at radius 1 is 1.00 bits per heavy atom. The third-order valence-corrected chi connectivity index (χ3v) is 4.79. The van der Waals surface area contributed by atoms with Crippen LogP contribution < -0.4 is 0 Å². The Balaban J connectivity index is 2.08. The molecule has 0 aromatic heterocycles. The van der Waals surface area contributed by atoms with E-state index < -0.39 is 10.8 Å². The maximum Gasteiger partial charge on any atom is 0.0664 e. The van der Waals surface area contributed by atoms with Crippen LogP contribution in [0.2, 0.25) is 0 Å². The molecule has 0 aliphatic heterocycles. The fourth-order valence-corrected chi connectivity index (χ4v) is 3.02. The van der Waals surface area contributed by atoms with Crippen LogP contribution in [0.25, 0.3) is 0 Å². The number of hydrogen-bond acceptors (Lipinski definition) is 3. The van der Waals surface area contributed by atoms with Gasteiger partial charge in [-0.05, 0) is 29.7 Å². The van der Waals surface area contributed by atoms with E-state index in [4.69, 9.17) is 0 Å². The van der Waals surface area contributed by atoms with Crippen LogP contribution in [-0.2, 0) is 23.9 Å². The van der Waals surface area contributed by atoms with E-state index in [1.165, 1.54) is 11.1 Å². The first-order chi connectivity index (χ1) is 11.1.